The number of aromatic nitrogens is 4. The standard InChI is InChI=1S/C19H27N3O3.C18H27N3O.CH4/c1-19(2,3)17-21-15-11-14(20-18(23)24-4)5-6-16(15)22(17)12-13-7-9-25-10-8-13;1-18(2,3)17-20-15-11-14(19-4)5-6-16(15)21(17)12-13-7-9-22-10-8-13;/h5-6,11,13H,7-10,12H2,1-4H3,(H,20,23);5-6,11,13,19H,7-10,12H2,1-4H3;1H4. The summed E-state index contributed by atoms with van der Waals surface area (Å²) in [6.45, 7) is 18.8. The Morgan fingerprint density at radius 2 is 1.19 bits per heavy atom. The van der Waals surface area contributed by atoms with E-state index in [4.69, 9.17) is 19.4 Å². The molecule has 0 spiro atoms. The summed E-state index contributed by atoms with van der Waals surface area (Å²) < 4.78 is 20.4. The summed E-state index contributed by atoms with van der Waals surface area (Å²) in [4.78, 5) is 21.3. The second-order valence-corrected chi connectivity index (χ2v) is 15.0. The van der Waals surface area contributed by atoms with Crippen LogP contribution in [0.2, 0.25) is 0 Å². The van der Waals surface area contributed by atoms with Gasteiger partial charge in [0.15, 0.2) is 0 Å². The largest absolute Gasteiger partial charge is 0.453 e. The molecule has 2 aliphatic rings. The van der Waals surface area contributed by atoms with Gasteiger partial charge in [-0.15, -0.1) is 0 Å². The van der Waals surface area contributed by atoms with E-state index in [1.807, 2.05) is 25.2 Å². The van der Waals surface area contributed by atoms with Gasteiger partial charge >= 0.3 is 6.09 Å². The number of amides is 1. The van der Waals surface area contributed by atoms with Crippen molar-refractivity contribution < 1.29 is 19.0 Å². The Hall–Kier alpha value is -3.63. The minimum absolute atomic E-state index is 0. The zero-order valence-electron chi connectivity index (χ0n) is 29.6. The molecule has 0 saturated carbocycles. The van der Waals surface area contributed by atoms with Gasteiger partial charge in [0.05, 0.1) is 29.2 Å². The normalized spacial score (nSPS) is 16.2. The first-order chi connectivity index (χ1) is 22.4. The number of ether oxygens (including phenoxy) is 3. The second kappa shape index (κ2) is 15.7. The third-order valence-corrected chi connectivity index (χ3v) is 9.12. The average Bonchev–Trinajstić information content (AvgIpc) is 3.60. The minimum atomic E-state index is -0.475. The Kier molecular flexibility index (Phi) is 12.2. The zero-order chi connectivity index (χ0) is 33.8. The predicted molar refractivity (Wildman–Crippen MR) is 196 cm³/mol. The van der Waals surface area contributed by atoms with Gasteiger partial charge in [-0.1, -0.05) is 49.0 Å². The van der Waals surface area contributed by atoms with E-state index in [2.05, 4.69) is 84.2 Å². The molecule has 1 amide bonds. The fourth-order valence-corrected chi connectivity index (χ4v) is 6.55. The molecule has 0 unspecified atom stereocenters. The number of carbonyl (C=O) groups excluding carboxylic acids is 1. The van der Waals surface area contributed by atoms with E-state index in [1.165, 1.54) is 18.5 Å². The van der Waals surface area contributed by atoms with E-state index >= 15 is 0 Å². The quantitative estimate of drug-likeness (QED) is 0.214. The summed E-state index contributed by atoms with van der Waals surface area (Å²) in [5.74, 6) is 3.56. The molecular formula is C38H58N6O4. The third kappa shape index (κ3) is 8.88. The van der Waals surface area contributed by atoms with E-state index in [-0.39, 0.29) is 18.3 Å². The Morgan fingerprint density at radius 3 is 1.58 bits per heavy atom. The summed E-state index contributed by atoms with van der Waals surface area (Å²) in [6.07, 6.45) is 4.00. The van der Waals surface area contributed by atoms with Crippen LogP contribution in [-0.2, 0) is 38.1 Å². The highest BCUT2D eigenvalue weighted by molar-refractivity contribution is 5.89. The first-order valence-electron chi connectivity index (χ1n) is 17.1. The van der Waals surface area contributed by atoms with Crippen LogP contribution in [0.1, 0.15) is 86.3 Å². The van der Waals surface area contributed by atoms with Crippen LogP contribution in [0, 0.1) is 11.8 Å². The van der Waals surface area contributed by atoms with Gasteiger partial charge in [0.25, 0.3) is 0 Å². The van der Waals surface area contributed by atoms with Crippen molar-refractivity contribution in [3.05, 3.63) is 48.0 Å². The number of hydrogen-bond acceptors (Lipinski definition) is 7. The zero-order valence-corrected chi connectivity index (χ0v) is 29.6. The maximum Gasteiger partial charge on any atom is 0.411 e. The highest BCUT2D eigenvalue weighted by Gasteiger charge is 2.27. The van der Waals surface area contributed by atoms with Crippen LogP contribution >= 0.6 is 0 Å². The molecule has 2 N–H and O–H groups in total. The van der Waals surface area contributed by atoms with Gasteiger partial charge in [0.2, 0.25) is 0 Å². The second-order valence-electron chi connectivity index (χ2n) is 15.0. The van der Waals surface area contributed by atoms with E-state index in [9.17, 15) is 4.79 Å². The fraction of sp³-hybridized carbons (Fsp3) is 0.605. The molecule has 264 valence electrons. The van der Waals surface area contributed by atoms with Crippen LogP contribution in [-0.4, -0.2) is 65.8 Å². The van der Waals surface area contributed by atoms with Crippen LogP contribution in [0.5, 0.6) is 0 Å². The summed E-state index contributed by atoms with van der Waals surface area (Å²) in [6, 6.07) is 12.3. The molecule has 2 aromatic carbocycles. The van der Waals surface area contributed by atoms with E-state index in [1.54, 1.807) is 0 Å². The summed E-state index contributed by atoms with van der Waals surface area (Å²) >= 11 is 0. The lowest BCUT2D eigenvalue weighted by molar-refractivity contribution is 0.0610. The molecule has 6 rings (SSSR count). The van der Waals surface area contributed by atoms with E-state index < -0.39 is 6.09 Å². The van der Waals surface area contributed by atoms with Crippen molar-refractivity contribution in [2.75, 3.05) is 51.2 Å². The number of fused-ring (bicyclic) bond motifs is 2. The Balaban J connectivity index is 0.000000214. The average molecular weight is 663 g/mol. The van der Waals surface area contributed by atoms with Crippen molar-refractivity contribution in [1.82, 2.24) is 19.1 Å². The molecule has 4 heterocycles. The van der Waals surface area contributed by atoms with Crippen LogP contribution in [0.25, 0.3) is 22.1 Å². The Bertz CT molecular complexity index is 1650. The van der Waals surface area contributed by atoms with Crippen molar-refractivity contribution >= 4 is 39.5 Å². The molecule has 0 radical (unpaired) electrons. The van der Waals surface area contributed by atoms with Gasteiger partial charge in [0, 0.05) is 68.8 Å². The summed E-state index contributed by atoms with van der Waals surface area (Å²) in [7, 11) is 3.30. The van der Waals surface area contributed by atoms with Crippen molar-refractivity contribution in [3.63, 3.8) is 0 Å². The van der Waals surface area contributed by atoms with Gasteiger partial charge in [-0.2, -0.15) is 0 Å². The molecule has 2 fully saturated rings. The molecule has 0 bridgehead atoms. The monoisotopic (exact) mass is 662 g/mol. The molecule has 10 nitrogen and oxygen atoms in total. The van der Waals surface area contributed by atoms with Crippen molar-refractivity contribution in [2.24, 2.45) is 11.8 Å². The number of anilines is 2. The Morgan fingerprint density at radius 1 is 0.771 bits per heavy atom. The topological polar surface area (TPSA) is 104 Å². The number of benzene rings is 2. The van der Waals surface area contributed by atoms with Gasteiger partial charge in [-0.3, -0.25) is 5.32 Å². The SMILES string of the molecule is C.CNc1ccc2c(c1)nc(C(C)(C)C)n2CC1CCOCC1.COC(=O)Nc1ccc2c(c1)nc(C(C)(C)C)n2CC1CCOCC1. The molecule has 10 heteroatoms. The molecule has 48 heavy (non-hydrogen) atoms. The van der Waals surface area contributed by atoms with E-state index in [0.29, 0.717) is 17.5 Å². The van der Waals surface area contributed by atoms with Gasteiger partial charge in [-0.05, 0) is 73.9 Å². The van der Waals surface area contributed by atoms with Crippen LogP contribution < -0.4 is 10.6 Å². The highest BCUT2D eigenvalue weighted by Crippen LogP contribution is 2.32. The number of hydrogen-bond donors (Lipinski definition) is 2. The summed E-state index contributed by atoms with van der Waals surface area (Å²) in [5.41, 5.74) is 6.13. The van der Waals surface area contributed by atoms with E-state index in [0.717, 1.165) is 93.3 Å². The predicted octanol–water partition coefficient (Wildman–Crippen LogP) is 8.38. The maximum absolute atomic E-state index is 11.4. The molecule has 0 atom stereocenters. The van der Waals surface area contributed by atoms with Gasteiger partial charge < -0.3 is 28.7 Å². The fourth-order valence-electron chi connectivity index (χ4n) is 6.55. The first-order valence-corrected chi connectivity index (χ1v) is 17.1. The molecule has 2 aliphatic heterocycles. The third-order valence-electron chi connectivity index (χ3n) is 9.12. The number of nitrogens with zero attached hydrogens (tertiary/aromatic N) is 4. The first kappa shape index (κ1) is 37.2. The molecule has 0 aliphatic carbocycles. The lowest BCUT2D eigenvalue weighted by Crippen LogP contribution is -2.25. The number of imidazole rings is 2. The number of rotatable bonds is 6. The Labute approximate surface area is 286 Å². The van der Waals surface area contributed by atoms with Crippen molar-refractivity contribution in [1.29, 1.82) is 0 Å². The molecule has 4 aromatic rings. The lowest BCUT2D eigenvalue weighted by Gasteiger charge is -2.26. The highest BCUT2D eigenvalue weighted by atomic mass is 16.5. The number of nitrogens with one attached hydrogen (secondary N) is 2. The number of carbonyl (C=O) groups is 1. The van der Waals surface area contributed by atoms with Crippen LogP contribution in [0.15, 0.2) is 36.4 Å². The van der Waals surface area contributed by atoms with Crippen LogP contribution in [0.4, 0.5) is 16.2 Å². The lowest BCUT2D eigenvalue weighted by atomic mass is 9.94. The maximum atomic E-state index is 11.4. The van der Waals surface area contributed by atoms with Crippen molar-refractivity contribution in [3.8, 4) is 0 Å². The smallest absolute Gasteiger partial charge is 0.411 e. The van der Waals surface area contributed by atoms with Crippen LogP contribution in [0.3, 0.4) is 0 Å². The molecule has 2 aromatic heterocycles. The molecule has 2 saturated heterocycles. The van der Waals surface area contributed by atoms with Gasteiger partial charge in [-0.25, -0.2) is 14.8 Å². The van der Waals surface area contributed by atoms with Gasteiger partial charge in [0.1, 0.15) is 11.6 Å². The van der Waals surface area contributed by atoms with Crippen molar-refractivity contribution in [2.45, 2.75) is 98.6 Å². The number of methoxy groups -OCH3 is 1. The summed E-state index contributed by atoms with van der Waals surface area (Å²) in [5, 5.41) is 5.91. The minimum Gasteiger partial charge on any atom is -0.453 e. The molecular weight excluding hydrogens is 604 g/mol.